The normalized spacial score (nSPS) is 10.2. The molecular formula is C11H16FNO. The average Bonchev–Trinajstić information content (AvgIpc) is 2.19. The second kappa shape index (κ2) is 5.60. The van der Waals surface area contributed by atoms with Crippen molar-refractivity contribution in [2.45, 2.75) is 13.8 Å². The second-order valence-electron chi connectivity index (χ2n) is 3.04. The van der Waals surface area contributed by atoms with Gasteiger partial charge in [-0.05, 0) is 26.0 Å². The lowest BCUT2D eigenvalue weighted by Crippen LogP contribution is -2.10. The van der Waals surface area contributed by atoms with E-state index < -0.39 is 0 Å². The predicted molar refractivity (Wildman–Crippen MR) is 56.1 cm³/mol. The summed E-state index contributed by atoms with van der Waals surface area (Å²) in [5.74, 6) is -0.175. The first-order chi connectivity index (χ1) is 6.75. The second-order valence-corrected chi connectivity index (χ2v) is 3.04. The molecule has 0 unspecified atom stereocenters. The van der Waals surface area contributed by atoms with Gasteiger partial charge in [0.2, 0.25) is 0 Å². The van der Waals surface area contributed by atoms with Crippen molar-refractivity contribution in [3.63, 3.8) is 0 Å². The van der Waals surface area contributed by atoms with E-state index in [1.807, 2.05) is 13.0 Å². The molecule has 14 heavy (non-hydrogen) atoms. The largest absolute Gasteiger partial charge is 0.382 e. The van der Waals surface area contributed by atoms with Gasteiger partial charge in [-0.15, -0.1) is 0 Å². The Morgan fingerprint density at radius 3 is 2.93 bits per heavy atom. The van der Waals surface area contributed by atoms with Crippen molar-refractivity contribution in [3.8, 4) is 0 Å². The van der Waals surface area contributed by atoms with E-state index in [1.165, 1.54) is 6.07 Å². The molecule has 0 saturated heterocycles. The first-order valence-electron chi connectivity index (χ1n) is 4.82. The Labute approximate surface area is 84.1 Å². The van der Waals surface area contributed by atoms with Gasteiger partial charge >= 0.3 is 0 Å². The van der Waals surface area contributed by atoms with Crippen molar-refractivity contribution in [1.82, 2.24) is 0 Å². The van der Waals surface area contributed by atoms with E-state index in [0.717, 1.165) is 5.69 Å². The summed E-state index contributed by atoms with van der Waals surface area (Å²) in [4.78, 5) is 0. The highest BCUT2D eigenvalue weighted by Crippen LogP contribution is 2.16. The van der Waals surface area contributed by atoms with E-state index in [2.05, 4.69) is 5.32 Å². The molecule has 0 aliphatic heterocycles. The lowest BCUT2D eigenvalue weighted by molar-refractivity contribution is 0.158. The molecule has 2 nitrogen and oxygen atoms in total. The molecule has 0 aliphatic carbocycles. The molecule has 1 aromatic rings. The molecule has 0 fully saturated rings. The number of rotatable bonds is 5. The van der Waals surface area contributed by atoms with Crippen LogP contribution in [-0.2, 0) is 4.74 Å². The van der Waals surface area contributed by atoms with Crippen LogP contribution in [0.15, 0.2) is 18.2 Å². The number of nitrogens with one attached hydrogen (secondary N) is 1. The van der Waals surface area contributed by atoms with Crippen LogP contribution in [-0.4, -0.2) is 19.8 Å². The van der Waals surface area contributed by atoms with Crippen molar-refractivity contribution < 1.29 is 9.13 Å². The van der Waals surface area contributed by atoms with Crippen LogP contribution in [0.4, 0.5) is 10.1 Å². The topological polar surface area (TPSA) is 21.3 Å². The minimum atomic E-state index is -0.175. The van der Waals surface area contributed by atoms with E-state index in [-0.39, 0.29) is 5.82 Å². The van der Waals surface area contributed by atoms with E-state index in [4.69, 9.17) is 4.74 Å². The van der Waals surface area contributed by atoms with Gasteiger partial charge in [0.25, 0.3) is 0 Å². The molecule has 0 saturated carbocycles. The summed E-state index contributed by atoms with van der Waals surface area (Å²) in [5, 5.41) is 3.12. The first-order valence-corrected chi connectivity index (χ1v) is 4.82. The van der Waals surface area contributed by atoms with Gasteiger partial charge in [-0.1, -0.05) is 6.07 Å². The van der Waals surface area contributed by atoms with Crippen molar-refractivity contribution in [2.24, 2.45) is 0 Å². The van der Waals surface area contributed by atoms with Crippen LogP contribution < -0.4 is 5.32 Å². The zero-order valence-corrected chi connectivity index (χ0v) is 8.64. The monoisotopic (exact) mass is 197 g/mol. The van der Waals surface area contributed by atoms with Gasteiger partial charge in [-0.2, -0.15) is 0 Å². The Morgan fingerprint density at radius 2 is 2.21 bits per heavy atom. The minimum Gasteiger partial charge on any atom is -0.382 e. The summed E-state index contributed by atoms with van der Waals surface area (Å²) in [6, 6.07) is 5.03. The van der Waals surface area contributed by atoms with Crippen molar-refractivity contribution in [3.05, 3.63) is 29.6 Å². The van der Waals surface area contributed by atoms with E-state index in [0.29, 0.717) is 25.3 Å². The van der Waals surface area contributed by atoms with Gasteiger partial charge in [0.15, 0.2) is 0 Å². The molecular weight excluding hydrogens is 181 g/mol. The number of hydrogen-bond donors (Lipinski definition) is 1. The third-order valence-corrected chi connectivity index (χ3v) is 2.03. The van der Waals surface area contributed by atoms with Gasteiger partial charge in [0, 0.05) is 24.4 Å². The van der Waals surface area contributed by atoms with Crippen molar-refractivity contribution >= 4 is 5.69 Å². The summed E-state index contributed by atoms with van der Waals surface area (Å²) >= 11 is 0. The molecule has 0 bridgehead atoms. The third kappa shape index (κ3) is 3.00. The molecule has 0 heterocycles. The number of halogens is 1. The van der Waals surface area contributed by atoms with Crippen LogP contribution in [0.1, 0.15) is 12.5 Å². The maximum atomic E-state index is 13.1. The molecule has 3 heteroatoms. The van der Waals surface area contributed by atoms with Gasteiger partial charge in [0.1, 0.15) is 5.82 Å². The van der Waals surface area contributed by atoms with Gasteiger partial charge in [-0.3, -0.25) is 0 Å². The standard InChI is InChI=1S/C11H16FNO/c1-3-14-8-7-13-11-6-4-5-10(12)9(11)2/h4-6,13H,3,7-8H2,1-2H3. The molecule has 1 aromatic carbocycles. The summed E-state index contributed by atoms with van der Waals surface area (Å²) in [7, 11) is 0. The molecule has 0 spiro atoms. The van der Waals surface area contributed by atoms with E-state index >= 15 is 0 Å². The maximum absolute atomic E-state index is 13.1. The van der Waals surface area contributed by atoms with Crippen LogP contribution >= 0.6 is 0 Å². The zero-order valence-electron chi connectivity index (χ0n) is 8.64. The molecule has 0 atom stereocenters. The average molecular weight is 197 g/mol. The van der Waals surface area contributed by atoms with Gasteiger partial charge in [-0.25, -0.2) is 4.39 Å². The number of benzene rings is 1. The molecule has 1 rings (SSSR count). The predicted octanol–water partition coefficient (Wildman–Crippen LogP) is 2.58. The van der Waals surface area contributed by atoms with Crippen LogP contribution in [0.5, 0.6) is 0 Å². The smallest absolute Gasteiger partial charge is 0.128 e. The van der Waals surface area contributed by atoms with Crippen molar-refractivity contribution in [2.75, 3.05) is 25.1 Å². The fraction of sp³-hybridized carbons (Fsp3) is 0.455. The quantitative estimate of drug-likeness (QED) is 0.732. The third-order valence-electron chi connectivity index (χ3n) is 2.03. The Balaban J connectivity index is 2.46. The Morgan fingerprint density at radius 1 is 1.43 bits per heavy atom. The first kappa shape index (κ1) is 11.0. The van der Waals surface area contributed by atoms with Crippen LogP contribution in [0.25, 0.3) is 0 Å². The Kier molecular flexibility index (Phi) is 4.40. The lowest BCUT2D eigenvalue weighted by atomic mass is 10.2. The van der Waals surface area contributed by atoms with Crippen LogP contribution in [0.2, 0.25) is 0 Å². The van der Waals surface area contributed by atoms with E-state index in [9.17, 15) is 4.39 Å². The summed E-state index contributed by atoms with van der Waals surface area (Å²) < 4.78 is 18.3. The highest BCUT2D eigenvalue weighted by molar-refractivity contribution is 5.50. The number of ether oxygens (including phenoxy) is 1. The minimum absolute atomic E-state index is 0.175. The molecule has 0 amide bonds. The van der Waals surface area contributed by atoms with Gasteiger partial charge < -0.3 is 10.1 Å². The highest BCUT2D eigenvalue weighted by Gasteiger charge is 2.01. The maximum Gasteiger partial charge on any atom is 0.128 e. The Hall–Kier alpha value is -1.09. The SMILES string of the molecule is CCOCCNc1cccc(F)c1C. The summed E-state index contributed by atoms with van der Waals surface area (Å²) in [5.41, 5.74) is 1.49. The lowest BCUT2D eigenvalue weighted by Gasteiger charge is -2.09. The molecule has 1 N–H and O–H groups in total. The zero-order chi connectivity index (χ0) is 10.4. The molecule has 78 valence electrons. The number of hydrogen-bond acceptors (Lipinski definition) is 2. The van der Waals surface area contributed by atoms with Crippen LogP contribution in [0.3, 0.4) is 0 Å². The number of anilines is 1. The van der Waals surface area contributed by atoms with E-state index in [1.54, 1.807) is 13.0 Å². The summed E-state index contributed by atoms with van der Waals surface area (Å²) in [6.07, 6.45) is 0. The molecule has 0 radical (unpaired) electrons. The molecule has 0 aromatic heterocycles. The molecule has 0 aliphatic rings. The van der Waals surface area contributed by atoms with Gasteiger partial charge in [0.05, 0.1) is 6.61 Å². The highest BCUT2D eigenvalue weighted by atomic mass is 19.1. The van der Waals surface area contributed by atoms with Crippen molar-refractivity contribution in [1.29, 1.82) is 0 Å². The van der Waals surface area contributed by atoms with Crippen LogP contribution in [0, 0.1) is 12.7 Å². The Bertz CT molecular complexity index is 289. The fourth-order valence-corrected chi connectivity index (χ4v) is 1.20. The summed E-state index contributed by atoms with van der Waals surface area (Å²) in [6.45, 7) is 5.78. The fourth-order valence-electron chi connectivity index (χ4n) is 1.20.